The van der Waals surface area contributed by atoms with Crippen LogP contribution in [0.5, 0.6) is 11.5 Å². The second-order valence-electron chi connectivity index (χ2n) is 3.90. The van der Waals surface area contributed by atoms with Crippen molar-refractivity contribution in [1.82, 2.24) is 10.2 Å². The number of thioether (sulfide) groups is 1. The Hall–Kier alpha value is -1.27. The van der Waals surface area contributed by atoms with E-state index in [-0.39, 0.29) is 6.10 Å². The quantitative estimate of drug-likeness (QED) is 0.809. The molecule has 0 spiro atoms. The molecule has 1 aliphatic rings. The van der Waals surface area contributed by atoms with Crippen LogP contribution in [0.15, 0.2) is 28.6 Å². The van der Waals surface area contributed by atoms with Crippen LogP contribution in [0, 0.1) is 6.92 Å². The topological polar surface area (TPSA) is 44.2 Å². The molecule has 2 heterocycles. The summed E-state index contributed by atoms with van der Waals surface area (Å²) in [6.45, 7) is 2.54. The minimum atomic E-state index is 0.0640. The highest BCUT2D eigenvalue weighted by Crippen LogP contribution is 2.32. The number of hydrogen-bond donors (Lipinski definition) is 0. The van der Waals surface area contributed by atoms with Gasteiger partial charge in [0.15, 0.2) is 15.8 Å². The number of nitrogens with zero attached hydrogens (tertiary/aromatic N) is 2. The van der Waals surface area contributed by atoms with Crippen molar-refractivity contribution in [2.75, 3.05) is 12.4 Å². The van der Waals surface area contributed by atoms with E-state index in [9.17, 15) is 0 Å². The Kier molecular flexibility index (Phi) is 3.38. The van der Waals surface area contributed by atoms with Crippen LogP contribution in [0.4, 0.5) is 0 Å². The number of para-hydroxylation sites is 2. The van der Waals surface area contributed by atoms with Crippen LogP contribution in [0.2, 0.25) is 0 Å². The minimum absolute atomic E-state index is 0.0640. The van der Waals surface area contributed by atoms with Gasteiger partial charge < -0.3 is 9.47 Å². The Morgan fingerprint density at radius 2 is 2.17 bits per heavy atom. The lowest BCUT2D eigenvalue weighted by Crippen LogP contribution is -2.31. The number of hydrogen-bond acceptors (Lipinski definition) is 6. The molecule has 0 amide bonds. The van der Waals surface area contributed by atoms with Crippen molar-refractivity contribution in [3.05, 3.63) is 29.3 Å². The van der Waals surface area contributed by atoms with Crippen LogP contribution in [-0.4, -0.2) is 28.7 Å². The van der Waals surface area contributed by atoms with E-state index in [1.54, 1.807) is 23.1 Å². The summed E-state index contributed by atoms with van der Waals surface area (Å²) in [5, 5.41) is 9.06. The average Bonchev–Trinajstić information content (AvgIpc) is 2.82. The molecule has 4 nitrogen and oxygen atoms in total. The zero-order valence-electron chi connectivity index (χ0n) is 9.83. The van der Waals surface area contributed by atoms with Gasteiger partial charge in [0.25, 0.3) is 0 Å². The van der Waals surface area contributed by atoms with E-state index in [0.29, 0.717) is 6.61 Å². The smallest absolute Gasteiger partial charge is 0.174 e. The van der Waals surface area contributed by atoms with Gasteiger partial charge in [-0.3, -0.25) is 0 Å². The van der Waals surface area contributed by atoms with Crippen molar-refractivity contribution in [2.45, 2.75) is 17.4 Å². The molecular weight excluding hydrogens is 268 g/mol. The summed E-state index contributed by atoms with van der Waals surface area (Å²) in [7, 11) is 0. The number of aryl methyl sites for hydroxylation is 1. The first kappa shape index (κ1) is 11.8. The zero-order valence-corrected chi connectivity index (χ0v) is 11.5. The normalized spacial score (nSPS) is 17.7. The Morgan fingerprint density at radius 1 is 1.33 bits per heavy atom. The molecule has 94 valence electrons. The first-order valence-corrected chi connectivity index (χ1v) is 7.43. The maximum Gasteiger partial charge on any atom is 0.174 e. The predicted molar refractivity (Wildman–Crippen MR) is 71.7 cm³/mol. The third-order valence-electron chi connectivity index (χ3n) is 2.47. The fourth-order valence-corrected chi connectivity index (χ4v) is 3.46. The first-order valence-electron chi connectivity index (χ1n) is 5.62. The van der Waals surface area contributed by atoms with E-state index in [1.165, 1.54) is 0 Å². The van der Waals surface area contributed by atoms with E-state index in [0.717, 1.165) is 26.6 Å². The predicted octanol–water partition coefficient (Wildman–Crippen LogP) is 2.78. The highest BCUT2D eigenvalue weighted by molar-refractivity contribution is 8.01. The second-order valence-corrected chi connectivity index (χ2v) is 6.34. The lowest BCUT2D eigenvalue weighted by atomic mass is 10.3. The van der Waals surface area contributed by atoms with Crippen LogP contribution in [0.1, 0.15) is 5.01 Å². The van der Waals surface area contributed by atoms with Gasteiger partial charge in [0.05, 0.1) is 0 Å². The number of benzene rings is 1. The molecular formula is C12H12N2O2S2. The summed E-state index contributed by atoms with van der Waals surface area (Å²) in [4.78, 5) is 0. The highest BCUT2D eigenvalue weighted by Gasteiger charge is 2.21. The molecule has 0 unspecified atom stereocenters. The fraction of sp³-hybridized carbons (Fsp3) is 0.333. The number of fused-ring (bicyclic) bond motifs is 1. The van der Waals surface area contributed by atoms with E-state index in [2.05, 4.69) is 10.2 Å². The molecule has 0 N–H and O–H groups in total. The molecule has 3 rings (SSSR count). The van der Waals surface area contributed by atoms with Crippen molar-refractivity contribution >= 4 is 23.1 Å². The molecule has 1 aliphatic heterocycles. The second kappa shape index (κ2) is 5.16. The molecule has 0 radical (unpaired) electrons. The summed E-state index contributed by atoms with van der Waals surface area (Å²) >= 11 is 3.27. The minimum Gasteiger partial charge on any atom is -0.486 e. The van der Waals surface area contributed by atoms with E-state index in [4.69, 9.17) is 9.47 Å². The Labute approximate surface area is 113 Å². The van der Waals surface area contributed by atoms with Gasteiger partial charge >= 0.3 is 0 Å². The lowest BCUT2D eigenvalue weighted by Gasteiger charge is -2.25. The van der Waals surface area contributed by atoms with Gasteiger partial charge in [-0.2, -0.15) is 0 Å². The van der Waals surface area contributed by atoms with Crippen molar-refractivity contribution in [2.24, 2.45) is 0 Å². The van der Waals surface area contributed by atoms with Gasteiger partial charge in [-0.15, -0.1) is 10.2 Å². The number of ether oxygens (including phenoxy) is 2. The molecule has 1 atom stereocenters. The Morgan fingerprint density at radius 3 is 2.94 bits per heavy atom. The molecule has 2 aromatic rings. The zero-order chi connectivity index (χ0) is 12.4. The summed E-state index contributed by atoms with van der Waals surface area (Å²) < 4.78 is 12.5. The van der Waals surface area contributed by atoms with Crippen molar-refractivity contribution in [3.63, 3.8) is 0 Å². The van der Waals surface area contributed by atoms with E-state index >= 15 is 0 Å². The molecule has 0 saturated carbocycles. The van der Waals surface area contributed by atoms with Crippen molar-refractivity contribution < 1.29 is 9.47 Å². The molecule has 0 aliphatic carbocycles. The maximum atomic E-state index is 5.87. The molecule has 0 fully saturated rings. The summed E-state index contributed by atoms with van der Waals surface area (Å²) in [5.74, 6) is 2.47. The van der Waals surface area contributed by atoms with Gasteiger partial charge in [-0.1, -0.05) is 35.2 Å². The largest absolute Gasteiger partial charge is 0.486 e. The average molecular weight is 280 g/mol. The standard InChI is InChI=1S/C12H12N2O2S2/c1-8-13-14-12(18-8)17-7-9-6-15-10-4-2-3-5-11(10)16-9/h2-5,9H,6-7H2,1H3/t9-/m1/s1. The highest BCUT2D eigenvalue weighted by atomic mass is 32.2. The molecule has 6 heteroatoms. The molecule has 0 bridgehead atoms. The molecule has 1 aromatic carbocycles. The lowest BCUT2D eigenvalue weighted by molar-refractivity contribution is 0.107. The molecule has 0 saturated heterocycles. The number of rotatable bonds is 3. The van der Waals surface area contributed by atoms with E-state index < -0.39 is 0 Å². The van der Waals surface area contributed by atoms with Crippen LogP contribution in [0.3, 0.4) is 0 Å². The number of aromatic nitrogens is 2. The van der Waals surface area contributed by atoms with Gasteiger partial charge in [-0.05, 0) is 19.1 Å². The van der Waals surface area contributed by atoms with Gasteiger partial charge in [0.1, 0.15) is 17.7 Å². The maximum absolute atomic E-state index is 5.87. The molecule has 1 aromatic heterocycles. The van der Waals surface area contributed by atoms with Crippen LogP contribution in [0.25, 0.3) is 0 Å². The van der Waals surface area contributed by atoms with Crippen LogP contribution < -0.4 is 9.47 Å². The SMILES string of the molecule is Cc1nnc(SC[C@H]2COc3ccccc3O2)s1. The Bertz CT molecular complexity index is 544. The third kappa shape index (κ3) is 2.59. The van der Waals surface area contributed by atoms with Crippen LogP contribution >= 0.6 is 23.1 Å². The van der Waals surface area contributed by atoms with Gasteiger partial charge in [0, 0.05) is 5.75 Å². The van der Waals surface area contributed by atoms with E-state index in [1.807, 2.05) is 31.2 Å². The summed E-state index contributed by atoms with van der Waals surface area (Å²) in [6.07, 6.45) is 0.0640. The molecule has 18 heavy (non-hydrogen) atoms. The third-order valence-corrected chi connectivity index (χ3v) is 4.57. The Balaban J connectivity index is 1.59. The van der Waals surface area contributed by atoms with Crippen LogP contribution in [-0.2, 0) is 0 Å². The fourth-order valence-electron chi connectivity index (χ4n) is 1.65. The monoisotopic (exact) mass is 280 g/mol. The van der Waals surface area contributed by atoms with Crippen molar-refractivity contribution in [1.29, 1.82) is 0 Å². The first-order chi connectivity index (χ1) is 8.81. The summed E-state index contributed by atoms with van der Waals surface area (Å²) in [6, 6.07) is 7.75. The summed E-state index contributed by atoms with van der Waals surface area (Å²) in [5.41, 5.74) is 0. The van der Waals surface area contributed by atoms with Crippen molar-refractivity contribution in [3.8, 4) is 11.5 Å². The van der Waals surface area contributed by atoms with Gasteiger partial charge in [-0.25, -0.2) is 0 Å². The van der Waals surface area contributed by atoms with Gasteiger partial charge in [0.2, 0.25) is 0 Å².